The van der Waals surface area contributed by atoms with E-state index in [-0.39, 0.29) is 11.5 Å². The molecular formula is C13H19N. The molecule has 2 N–H and O–H groups in total. The SMILES string of the molecule is C=C[C@H](N)c1ccc(C(C)(C)C)cc1. The van der Waals surface area contributed by atoms with Crippen molar-refractivity contribution in [2.45, 2.75) is 32.2 Å². The van der Waals surface area contributed by atoms with Crippen molar-refractivity contribution in [1.82, 2.24) is 0 Å². The van der Waals surface area contributed by atoms with Gasteiger partial charge in [0.05, 0.1) is 0 Å². The lowest BCUT2D eigenvalue weighted by Gasteiger charge is -2.19. The van der Waals surface area contributed by atoms with Crippen molar-refractivity contribution in [2.24, 2.45) is 5.73 Å². The van der Waals surface area contributed by atoms with Crippen LogP contribution in [0.3, 0.4) is 0 Å². The summed E-state index contributed by atoms with van der Waals surface area (Å²) in [6.45, 7) is 10.3. The normalized spacial score (nSPS) is 13.7. The second-order valence-electron chi connectivity index (χ2n) is 4.63. The van der Waals surface area contributed by atoms with E-state index >= 15 is 0 Å². The first-order valence-corrected chi connectivity index (χ1v) is 4.93. The number of nitrogens with two attached hydrogens (primary N) is 1. The molecule has 0 saturated carbocycles. The fourth-order valence-electron chi connectivity index (χ4n) is 1.34. The van der Waals surface area contributed by atoms with E-state index in [4.69, 9.17) is 5.73 Å². The highest BCUT2D eigenvalue weighted by Gasteiger charge is 2.13. The third-order valence-electron chi connectivity index (χ3n) is 2.42. The van der Waals surface area contributed by atoms with Crippen molar-refractivity contribution >= 4 is 0 Å². The quantitative estimate of drug-likeness (QED) is 0.710. The number of hydrogen-bond acceptors (Lipinski definition) is 1. The van der Waals surface area contributed by atoms with E-state index in [1.54, 1.807) is 6.08 Å². The fraction of sp³-hybridized carbons (Fsp3) is 0.385. The van der Waals surface area contributed by atoms with Crippen molar-refractivity contribution in [3.8, 4) is 0 Å². The molecule has 76 valence electrons. The van der Waals surface area contributed by atoms with Crippen LogP contribution in [0.5, 0.6) is 0 Å². The predicted octanol–water partition coefficient (Wildman–Crippen LogP) is 3.17. The minimum absolute atomic E-state index is 0.0518. The molecule has 0 amide bonds. The van der Waals surface area contributed by atoms with Gasteiger partial charge < -0.3 is 5.73 Å². The molecular weight excluding hydrogens is 170 g/mol. The molecule has 0 fully saturated rings. The van der Waals surface area contributed by atoms with Gasteiger partial charge in [-0.1, -0.05) is 51.1 Å². The van der Waals surface area contributed by atoms with Crippen molar-refractivity contribution in [3.63, 3.8) is 0 Å². The summed E-state index contributed by atoms with van der Waals surface area (Å²) < 4.78 is 0. The van der Waals surface area contributed by atoms with Crippen LogP contribution in [-0.2, 0) is 5.41 Å². The number of hydrogen-bond donors (Lipinski definition) is 1. The van der Waals surface area contributed by atoms with Crippen LogP contribution in [0.25, 0.3) is 0 Å². The smallest absolute Gasteiger partial charge is 0.0478 e. The molecule has 0 aliphatic rings. The van der Waals surface area contributed by atoms with E-state index in [2.05, 4.69) is 51.6 Å². The van der Waals surface area contributed by atoms with Gasteiger partial charge in [0.1, 0.15) is 0 Å². The Kier molecular flexibility index (Phi) is 3.12. The fourth-order valence-corrected chi connectivity index (χ4v) is 1.34. The Bertz CT molecular complexity index is 303. The summed E-state index contributed by atoms with van der Waals surface area (Å²) in [6.07, 6.45) is 1.76. The maximum Gasteiger partial charge on any atom is 0.0478 e. The Morgan fingerprint density at radius 3 is 2.07 bits per heavy atom. The lowest BCUT2D eigenvalue weighted by molar-refractivity contribution is 0.590. The summed E-state index contributed by atoms with van der Waals surface area (Å²) in [5.74, 6) is 0. The maximum atomic E-state index is 5.84. The van der Waals surface area contributed by atoms with Gasteiger partial charge in [-0.05, 0) is 16.5 Å². The van der Waals surface area contributed by atoms with E-state index in [9.17, 15) is 0 Å². The average molecular weight is 189 g/mol. The Balaban J connectivity index is 2.95. The van der Waals surface area contributed by atoms with Gasteiger partial charge in [-0.2, -0.15) is 0 Å². The van der Waals surface area contributed by atoms with Crippen LogP contribution in [0.15, 0.2) is 36.9 Å². The molecule has 0 aliphatic heterocycles. The Morgan fingerprint density at radius 2 is 1.71 bits per heavy atom. The lowest BCUT2D eigenvalue weighted by Crippen LogP contribution is -2.12. The van der Waals surface area contributed by atoms with Crippen LogP contribution in [-0.4, -0.2) is 0 Å². The van der Waals surface area contributed by atoms with Gasteiger partial charge in [0.2, 0.25) is 0 Å². The predicted molar refractivity (Wildman–Crippen MR) is 62.3 cm³/mol. The van der Waals surface area contributed by atoms with E-state index in [0.29, 0.717) is 0 Å². The van der Waals surface area contributed by atoms with Gasteiger partial charge in [0, 0.05) is 6.04 Å². The summed E-state index contributed by atoms with van der Waals surface area (Å²) in [7, 11) is 0. The third-order valence-corrected chi connectivity index (χ3v) is 2.42. The topological polar surface area (TPSA) is 26.0 Å². The van der Waals surface area contributed by atoms with Crippen LogP contribution < -0.4 is 5.73 Å². The zero-order valence-electron chi connectivity index (χ0n) is 9.25. The number of rotatable bonds is 2. The largest absolute Gasteiger partial charge is 0.321 e. The minimum atomic E-state index is -0.0518. The molecule has 0 unspecified atom stereocenters. The van der Waals surface area contributed by atoms with E-state index in [1.807, 2.05) is 0 Å². The molecule has 0 radical (unpaired) electrons. The second-order valence-corrected chi connectivity index (χ2v) is 4.63. The average Bonchev–Trinajstić information content (AvgIpc) is 2.15. The summed E-state index contributed by atoms with van der Waals surface area (Å²) in [5.41, 5.74) is 8.49. The molecule has 14 heavy (non-hydrogen) atoms. The van der Waals surface area contributed by atoms with Gasteiger partial charge in [-0.3, -0.25) is 0 Å². The highest BCUT2D eigenvalue weighted by Crippen LogP contribution is 2.23. The first kappa shape index (κ1) is 11.0. The summed E-state index contributed by atoms with van der Waals surface area (Å²) >= 11 is 0. The first-order chi connectivity index (χ1) is 6.45. The molecule has 0 aliphatic carbocycles. The van der Waals surface area contributed by atoms with Gasteiger partial charge in [0.15, 0.2) is 0 Å². The van der Waals surface area contributed by atoms with Crippen molar-refractivity contribution in [3.05, 3.63) is 48.0 Å². The molecule has 1 aromatic rings. The Hall–Kier alpha value is -1.08. The van der Waals surface area contributed by atoms with E-state index in [0.717, 1.165) is 5.56 Å². The minimum Gasteiger partial charge on any atom is -0.321 e. The third kappa shape index (κ3) is 2.46. The van der Waals surface area contributed by atoms with Gasteiger partial charge in [-0.25, -0.2) is 0 Å². The molecule has 1 nitrogen and oxygen atoms in total. The highest BCUT2D eigenvalue weighted by molar-refractivity contribution is 5.30. The number of benzene rings is 1. The lowest BCUT2D eigenvalue weighted by atomic mass is 9.86. The zero-order valence-corrected chi connectivity index (χ0v) is 9.25. The Labute approximate surface area is 86.6 Å². The van der Waals surface area contributed by atoms with Crippen LogP contribution in [0.2, 0.25) is 0 Å². The molecule has 0 saturated heterocycles. The van der Waals surface area contributed by atoms with Crippen LogP contribution in [0.1, 0.15) is 37.9 Å². The maximum absolute atomic E-state index is 5.84. The monoisotopic (exact) mass is 189 g/mol. The molecule has 0 heterocycles. The van der Waals surface area contributed by atoms with E-state index in [1.165, 1.54) is 5.56 Å². The molecule has 1 heteroatoms. The zero-order chi connectivity index (χ0) is 10.8. The molecule has 0 aromatic heterocycles. The highest BCUT2D eigenvalue weighted by atomic mass is 14.6. The van der Waals surface area contributed by atoms with Crippen LogP contribution >= 0.6 is 0 Å². The summed E-state index contributed by atoms with van der Waals surface area (Å²) in [5, 5.41) is 0. The van der Waals surface area contributed by atoms with Crippen molar-refractivity contribution in [2.75, 3.05) is 0 Å². The van der Waals surface area contributed by atoms with Gasteiger partial charge >= 0.3 is 0 Å². The van der Waals surface area contributed by atoms with Gasteiger partial charge in [-0.15, -0.1) is 6.58 Å². The summed E-state index contributed by atoms with van der Waals surface area (Å²) in [4.78, 5) is 0. The first-order valence-electron chi connectivity index (χ1n) is 4.93. The Morgan fingerprint density at radius 1 is 1.21 bits per heavy atom. The molecule has 0 spiro atoms. The van der Waals surface area contributed by atoms with Gasteiger partial charge in [0.25, 0.3) is 0 Å². The van der Waals surface area contributed by atoms with Crippen LogP contribution in [0, 0.1) is 0 Å². The van der Waals surface area contributed by atoms with Crippen LogP contribution in [0.4, 0.5) is 0 Å². The molecule has 1 aromatic carbocycles. The second kappa shape index (κ2) is 3.97. The summed E-state index contributed by atoms with van der Waals surface area (Å²) in [6, 6.07) is 8.38. The molecule has 0 bridgehead atoms. The standard InChI is InChI=1S/C13H19N/c1-5-12(14)10-6-8-11(9-7-10)13(2,3)4/h5-9,12H,1,14H2,2-4H3/t12-/m0/s1. The van der Waals surface area contributed by atoms with Crippen molar-refractivity contribution < 1.29 is 0 Å². The molecule has 1 atom stereocenters. The molecule has 1 rings (SSSR count). The van der Waals surface area contributed by atoms with E-state index < -0.39 is 0 Å². The van der Waals surface area contributed by atoms with Crippen molar-refractivity contribution in [1.29, 1.82) is 0 Å².